The Labute approximate surface area is 187 Å². The summed E-state index contributed by atoms with van der Waals surface area (Å²) in [4.78, 5) is 39.7. The maximum Gasteiger partial charge on any atom is 0.272 e. The molecule has 1 saturated heterocycles. The van der Waals surface area contributed by atoms with Crippen LogP contribution in [0.2, 0.25) is 0 Å². The third-order valence-electron chi connectivity index (χ3n) is 6.14. The molecule has 4 rings (SSSR count). The Morgan fingerprint density at radius 1 is 1.22 bits per heavy atom. The summed E-state index contributed by atoms with van der Waals surface area (Å²) in [6, 6.07) is 11.0. The number of aromatic nitrogens is 2. The van der Waals surface area contributed by atoms with Crippen molar-refractivity contribution >= 4 is 17.7 Å². The van der Waals surface area contributed by atoms with Crippen LogP contribution < -0.4 is 15.4 Å². The van der Waals surface area contributed by atoms with Crippen LogP contribution in [0.15, 0.2) is 42.6 Å². The second kappa shape index (κ2) is 9.84. The number of aryl methyl sites for hydroxylation is 1. The van der Waals surface area contributed by atoms with E-state index >= 15 is 0 Å². The van der Waals surface area contributed by atoms with E-state index in [0.29, 0.717) is 44.8 Å². The SMILES string of the molecule is CCn1nccc1C(=O)N1CC(=O)NC2CC(C(=O)NCCOc3ccccc3)CC2C1. The Hall–Kier alpha value is -3.36. The number of carbonyl (C=O) groups is 3. The molecule has 9 heteroatoms. The number of ether oxygens (including phenoxy) is 1. The Morgan fingerprint density at radius 2 is 2.03 bits per heavy atom. The summed E-state index contributed by atoms with van der Waals surface area (Å²) >= 11 is 0. The minimum Gasteiger partial charge on any atom is -0.492 e. The lowest BCUT2D eigenvalue weighted by atomic mass is 10.0. The molecule has 2 N–H and O–H groups in total. The van der Waals surface area contributed by atoms with Crippen molar-refractivity contribution in [1.82, 2.24) is 25.3 Å². The fraction of sp³-hybridized carbons (Fsp3) is 0.478. The molecule has 2 heterocycles. The van der Waals surface area contributed by atoms with E-state index in [2.05, 4.69) is 15.7 Å². The topological polar surface area (TPSA) is 106 Å². The maximum atomic E-state index is 13.0. The first kappa shape index (κ1) is 21.9. The minimum absolute atomic E-state index is 0.0222. The smallest absolute Gasteiger partial charge is 0.272 e. The number of rotatable bonds is 7. The van der Waals surface area contributed by atoms with Gasteiger partial charge < -0.3 is 20.3 Å². The molecule has 3 atom stereocenters. The Balaban J connectivity index is 1.31. The van der Waals surface area contributed by atoms with Gasteiger partial charge in [-0.25, -0.2) is 0 Å². The standard InChI is InChI=1S/C23H29N5O4/c1-2-28-20(8-9-25-28)23(31)27-14-17-12-16(13-19(17)26-21(29)15-27)22(30)24-10-11-32-18-6-4-3-5-7-18/h3-9,16-17,19H,2,10-15H2,1H3,(H,24,30)(H,26,29). The van der Waals surface area contributed by atoms with Crippen LogP contribution in [0.5, 0.6) is 5.75 Å². The van der Waals surface area contributed by atoms with E-state index in [4.69, 9.17) is 4.74 Å². The lowest BCUT2D eigenvalue weighted by molar-refractivity contribution is -0.125. The molecule has 32 heavy (non-hydrogen) atoms. The van der Waals surface area contributed by atoms with E-state index in [1.54, 1.807) is 21.8 Å². The summed E-state index contributed by atoms with van der Waals surface area (Å²) in [6.07, 6.45) is 2.80. The average Bonchev–Trinajstić information content (AvgIpc) is 3.40. The van der Waals surface area contributed by atoms with Crippen LogP contribution in [0.1, 0.15) is 30.3 Å². The number of nitrogens with one attached hydrogen (secondary N) is 2. The van der Waals surface area contributed by atoms with Crippen LogP contribution >= 0.6 is 0 Å². The van der Waals surface area contributed by atoms with E-state index in [1.165, 1.54) is 0 Å². The normalized spacial score (nSPS) is 22.6. The summed E-state index contributed by atoms with van der Waals surface area (Å²) in [5.74, 6) is 0.183. The molecule has 0 spiro atoms. The molecule has 3 amide bonds. The Bertz CT molecular complexity index is 960. The lowest BCUT2D eigenvalue weighted by Gasteiger charge is -2.23. The number of amides is 3. The van der Waals surface area contributed by atoms with Gasteiger partial charge in [-0.1, -0.05) is 18.2 Å². The van der Waals surface area contributed by atoms with Gasteiger partial charge in [0.15, 0.2) is 0 Å². The summed E-state index contributed by atoms with van der Waals surface area (Å²) in [5.41, 5.74) is 0.476. The van der Waals surface area contributed by atoms with E-state index in [1.807, 2.05) is 37.3 Å². The average molecular weight is 440 g/mol. The van der Waals surface area contributed by atoms with Gasteiger partial charge in [0.1, 0.15) is 18.1 Å². The molecule has 1 aromatic carbocycles. The van der Waals surface area contributed by atoms with Crippen LogP contribution in [0, 0.1) is 11.8 Å². The zero-order valence-electron chi connectivity index (χ0n) is 18.2. The highest BCUT2D eigenvalue weighted by Crippen LogP contribution is 2.33. The van der Waals surface area contributed by atoms with Crippen LogP contribution in [0.4, 0.5) is 0 Å². The highest BCUT2D eigenvalue weighted by molar-refractivity contribution is 5.95. The van der Waals surface area contributed by atoms with Crippen LogP contribution in [-0.4, -0.2) is 64.7 Å². The molecule has 2 aromatic rings. The Morgan fingerprint density at radius 3 is 2.81 bits per heavy atom. The molecule has 0 radical (unpaired) electrons. The highest BCUT2D eigenvalue weighted by Gasteiger charge is 2.42. The molecule has 1 aliphatic carbocycles. The summed E-state index contributed by atoms with van der Waals surface area (Å²) in [6.45, 7) is 3.76. The summed E-state index contributed by atoms with van der Waals surface area (Å²) < 4.78 is 7.25. The minimum atomic E-state index is -0.203. The molecule has 2 aliphatic rings. The first-order valence-corrected chi connectivity index (χ1v) is 11.1. The molecular formula is C23H29N5O4. The van der Waals surface area contributed by atoms with Crippen molar-refractivity contribution in [3.63, 3.8) is 0 Å². The first-order chi connectivity index (χ1) is 15.5. The van der Waals surface area contributed by atoms with Gasteiger partial charge in [-0.05, 0) is 43.9 Å². The third-order valence-corrected chi connectivity index (χ3v) is 6.14. The number of hydrogen-bond acceptors (Lipinski definition) is 5. The number of hydrogen-bond donors (Lipinski definition) is 2. The fourth-order valence-electron chi connectivity index (χ4n) is 4.58. The number of nitrogens with zero attached hydrogens (tertiary/aromatic N) is 3. The van der Waals surface area contributed by atoms with Crippen LogP contribution in [-0.2, 0) is 16.1 Å². The zero-order chi connectivity index (χ0) is 22.5. The van der Waals surface area contributed by atoms with E-state index in [0.717, 1.165) is 5.75 Å². The molecule has 3 unspecified atom stereocenters. The predicted molar refractivity (Wildman–Crippen MR) is 117 cm³/mol. The van der Waals surface area contributed by atoms with Gasteiger partial charge in [0.2, 0.25) is 11.8 Å². The maximum absolute atomic E-state index is 13.0. The van der Waals surface area contributed by atoms with Crippen molar-refractivity contribution in [1.29, 1.82) is 0 Å². The van der Waals surface area contributed by atoms with Gasteiger partial charge in [-0.3, -0.25) is 19.1 Å². The van der Waals surface area contributed by atoms with Gasteiger partial charge >= 0.3 is 0 Å². The van der Waals surface area contributed by atoms with Crippen molar-refractivity contribution in [3.8, 4) is 5.75 Å². The lowest BCUT2D eigenvalue weighted by Crippen LogP contribution is -2.40. The van der Waals surface area contributed by atoms with E-state index in [-0.39, 0.29) is 42.1 Å². The predicted octanol–water partition coefficient (Wildman–Crippen LogP) is 1.07. The monoisotopic (exact) mass is 439 g/mol. The fourth-order valence-corrected chi connectivity index (χ4v) is 4.58. The van der Waals surface area contributed by atoms with E-state index in [9.17, 15) is 14.4 Å². The number of carbonyl (C=O) groups excluding carboxylic acids is 3. The second-order valence-electron chi connectivity index (χ2n) is 8.27. The van der Waals surface area contributed by atoms with Gasteiger partial charge in [-0.2, -0.15) is 5.10 Å². The van der Waals surface area contributed by atoms with Gasteiger partial charge in [0.25, 0.3) is 5.91 Å². The number of para-hydroxylation sites is 1. The molecule has 1 aromatic heterocycles. The molecule has 0 bridgehead atoms. The second-order valence-corrected chi connectivity index (χ2v) is 8.27. The molecule has 2 fully saturated rings. The third kappa shape index (κ3) is 4.92. The Kier molecular flexibility index (Phi) is 6.72. The van der Waals surface area contributed by atoms with Crippen molar-refractivity contribution in [2.24, 2.45) is 11.8 Å². The summed E-state index contributed by atoms with van der Waals surface area (Å²) in [7, 11) is 0. The number of benzene rings is 1. The van der Waals surface area contributed by atoms with E-state index < -0.39 is 0 Å². The number of fused-ring (bicyclic) bond motifs is 1. The van der Waals surface area contributed by atoms with Gasteiger partial charge in [0.05, 0.1) is 13.1 Å². The van der Waals surface area contributed by atoms with Crippen molar-refractivity contribution in [2.45, 2.75) is 32.4 Å². The molecule has 9 nitrogen and oxygen atoms in total. The quantitative estimate of drug-likeness (QED) is 0.628. The zero-order valence-corrected chi connectivity index (χ0v) is 18.2. The van der Waals surface area contributed by atoms with Crippen LogP contribution in [0.25, 0.3) is 0 Å². The van der Waals surface area contributed by atoms with Crippen molar-refractivity contribution < 1.29 is 19.1 Å². The van der Waals surface area contributed by atoms with Gasteiger partial charge in [0, 0.05) is 31.2 Å². The van der Waals surface area contributed by atoms with Crippen molar-refractivity contribution in [2.75, 3.05) is 26.2 Å². The molecular weight excluding hydrogens is 410 g/mol. The molecule has 1 saturated carbocycles. The van der Waals surface area contributed by atoms with Crippen LogP contribution in [0.3, 0.4) is 0 Å². The largest absolute Gasteiger partial charge is 0.492 e. The van der Waals surface area contributed by atoms with Crippen molar-refractivity contribution in [3.05, 3.63) is 48.3 Å². The highest BCUT2D eigenvalue weighted by atomic mass is 16.5. The first-order valence-electron chi connectivity index (χ1n) is 11.1. The molecule has 170 valence electrons. The van der Waals surface area contributed by atoms with Gasteiger partial charge in [-0.15, -0.1) is 0 Å². The molecule has 1 aliphatic heterocycles. The summed E-state index contributed by atoms with van der Waals surface area (Å²) in [5, 5.41) is 10.1.